The number of carboxylic acids is 1. The van der Waals surface area contributed by atoms with Crippen LogP contribution in [0.25, 0.3) is 0 Å². The number of nitrogens with zero attached hydrogens (tertiary/aromatic N) is 2. The summed E-state index contributed by atoms with van der Waals surface area (Å²) in [6.07, 6.45) is 2.20. The number of hydrogen-bond acceptors (Lipinski definition) is 3. The molecule has 6 nitrogen and oxygen atoms in total. The molecule has 0 radical (unpaired) electrons. The Morgan fingerprint density at radius 2 is 2.22 bits per heavy atom. The zero-order valence-corrected chi connectivity index (χ0v) is 11.1. The summed E-state index contributed by atoms with van der Waals surface area (Å²) in [6.45, 7) is 2.22. The lowest BCUT2D eigenvalue weighted by molar-refractivity contribution is -0.143. The minimum atomic E-state index is -0.811. The zero-order chi connectivity index (χ0) is 13.5. The van der Waals surface area contributed by atoms with Crippen LogP contribution in [-0.2, 0) is 9.53 Å². The van der Waals surface area contributed by atoms with Crippen LogP contribution in [0.15, 0.2) is 0 Å². The Hall–Kier alpha value is -1.30. The molecule has 1 fully saturated rings. The predicted molar refractivity (Wildman–Crippen MR) is 66.5 cm³/mol. The maximum atomic E-state index is 12.1. The number of urea groups is 1. The van der Waals surface area contributed by atoms with Gasteiger partial charge in [-0.1, -0.05) is 0 Å². The van der Waals surface area contributed by atoms with E-state index in [9.17, 15) is 9.59 Å². The van der Waals surface area contributed by atoms with Crippen LogP contribution in [0.2, 0.25) is 0 Å². The van der Waals surface area contributed by atoms with E-state index in [0.29, 0.717) is 32.7 Å². The molecule has 0 unspecified atom stereocenters. The number of aliphatic carboxylic acids is 1. The molecule has 6 heteroatoms. The smallest absolute Gasteiger partial charge is 0.319 e. The van der Waals surface area contributed by atoms with Crippen molar-refractivity contribution in [1.82, 2.24) is 9.80 Å². The first-order valence-electron chi connectivity index (χ1n) is 6.28. The SMILES string of the molecule is COCCCN(C)C(=O)N1CCC[C@@H](C(=O)O)C1. The Bertz CT molecular complexity index is 296. The second-order valence-electron chi connectivity index (χ2n) is 4.67. The van der Waals surface area contributed by atoms with Crippen LogP contribution in [0.4, 0.5) is 4.79 Å². The molecule has 0 aromatic rings. The maximum Gasteiger partial charge on any atom is 0.319 e. The quantitative estimate of drug-likeness (QED) is 0.743. The number of carbonyl (C=O) groups excluding carboxylic acids is 1. The fourth-order valence-electron chi connectivity index (χ4n) is 2.14. The van der Waals surface area contributed by atoms with E-state index in [1.165, 1.54) is 0 Å². The van der Waals surface area contributed by atoms with Crippen LogP contribution < -0.4 is 0 Å². The minimum Gasteiger partial charge on any atom is -0.481 e. The summed E-state index contributed by atoms with van der Waals surface area (Å²) in [5.74, 6) is -1.23. The molecular weight excluding hydrogens is 236 g/mol. The minimum absolute atomic E-state index is 0.0861. The molecule has 0 aromatic carbocycles. The number of piperidine rings is 1. The second-order valence-corrected chi connectivity index (χ2v) is 4.67. The van der Waals surface area contributed by atoms with Gasteiger partial charge in [0.25, 0.3) is 0 Å². The van der Waals surface area contributed by atoms with Crippen molar-refractivity contribution < 1.29 is 19.4 Å². The summed E-state index contributed by atoms with van der Waals surface area (Å²) >= 11 is 0. The molecule has 2 amide bonds. The molecule has 0 bridgehead atoms. The number of methoxy groups -OCH3 is 1. The van der Waals surface area contributed by atoms with Gasteiger partial charge in [0.15, 0.2) is 0 Å². The van der Waals surface area contributed by atoms with Crippen molar-refractivity contribution >= 4 is 12.0 Å². The van der Waals surface area contributed by atoms with Gasteiger partial charge in [-0.15, -0.1) is 0 Å². The Morgan fingerprint density at radius 1 is 1.50 bits per heavy atom. The van der Waals surface area contributed by atoms with Crippen molar-refractivity contribution in [3.63, 3.8) is 0 Å². The number of carboxylic acid groups (broad SMARTS) is 1. The second kappa shape index (κ2) is 7.20. The Kier molecular flexibility index (Phi) is 5.91. The van der Waals surface area contributed by atoms with Crippen molar-refractivity contribution in [1.29, 1.82) is 0 Å². The van der Waals surface area contributed by atoms with Gasteiger partial charge < -0.3 is 19.6 Å². The van der Waals surface area contributed by atoms with Crippen LogP contribution in [0.1, 0.15) is 19.3 Å². The lowest BCUT2D eigenvalue weighted by Crippen LogP contribution is -2.47. The Labute approximate surface area is 107 Å². The van der Waals surface area contributed by atoms with Gasteiger partial charge in [0, 0.05) is 40.4 Å². The van der Waals surface area contributed by atoms with Crippen LogP contribution in [0.5, 0.6) is 0 Å². The lowest BCUT2D eigenvalue weighted by Gasteiger charge is -2.33. The van der Waals surface area contributed by atoms with Gasteiger partial charge in [-0.25, -0.2) is 4.79 Å². The van der Waals surface area contributed by atoms with E-state index in [2.05, 4.69) is 0 Å². The molecule has 1 saturated heterocycles. The van der Waals surface area contributed by atoms with E-state index in [0.717, 1.165) is 12.8 Å². The van der Waals surface area contributed by atoms with Crippen molar-refractivity contribution in [2.75, 3.05) is 40.4 Å². The van der Waals surface area contributed by atoms with E-state index in [1.807, 2.05) is 0 Å². The van der Waals surface area contributed by atoms with Crippen molar-refractivity contribution in [2.24, 2.45) is 5.92 Å². The molecule has 0 spiro atoms. The van der Waals surface area contributed by atoms with Crippen LogP contribution in [0, 0.1) is 5.92 Å². The monoisotopic (exact) mass is 258 g/mol. The molecule has 1 aliphatic heterocycles. The molecule has 1 N–H and O–H groups in total. The first-order chi connectivity index (χ1) is 8.56. The van der Waals surface area contributed by atoms with Crippen molar-refractivity contribution in [2.45, 2.75) is 19.3 Å². The molecule has 18 heavy (non-hydrogen) atoms. The normalized spacial score (nSPS) is 19.7. The fraction of sp³-hybridized carbons (Fsp3) is 0.833. The zero-order valence-electron chi connectivity index (χ0n) is 11.1. The van der Waals surface area contributed by atoms with Crippen molar-refractivity contribution in [3.8, 4) is 0 Å². The van der Waals surface area contributed by atoms with Crippen LogP contribution in [-0.4, -0.2) is 67.3 Å². The standard InChI is InChI=1S/C12H22N2O4/c1-13(6-4-8-18-2)12(17)14-7-3-5-10(9-14)11(15)16/h10H,3-9H2,1-2H3,(H,15,16)/t10-/m1/s1. The summed E-state index contributed by atoms with van der Waals surface area (Å²) < 4.78 is 4.94. The number of ether oxygens (including phenoxy) is 1. The third kappa shape index (κ3) is 4.18. The summed E-state index contributed by atoms with van der Waals surface area (Å²) in [4.78, 5) is 26.3. The van der Waals surface area contributed by atoms with E-state index >= 15 is 0 Å². The molecule has 0 aromatic heterocycles. The van der Waals surface area contributed by atoms with E-state index in [1.54, 1.807) is 24.0 Å². The van der Waals surface area contributed by atoms with E-state index < -0.39 is 11.9 Å². The molecular formula is C12H22N2O4. The summed E-state index contributed by atoms with van der Waals surface area (Å²) in [5.41, 5.74) is 0. The third-order valence-corrected chi connectivity index (χ3v) is 3.21. The molecule has 1 aliphatic rings. The maximum absolute atomic E-state index is 12.1. The van der Waals surface area contributed by atoms with Gasteiger partial charge in [-0.05, 0) is 19.3 Å². The van der Waals surface area contributed by atoms with Gasteiger partial charge >= 0.3 is 12.0 Å². The Morgan fingerprint density at radius 3 is 2.83 bits per heavy atom. The first kappa shape index (κ1) is 14.8. The summed E-state index contributed by atoms with van der Waals surface area (Å²) in [6, 6.07) is -0.0861. The summed E-state index contributed by atoms with van der Waals surface area (Å²) in [7, 11) is 3.37. The summed E-state index contributed by atoms with van der Waals surface area (Å²) in [5, 5.41) is 8.98. The third-order valence-electron chi connectivity index (χ3n) is 3.21. The highest BCUT2D eigenvalue weighted by molar-refractivity contribution is 5.76. The first-order valence-corrected chi connectivity index (χ1v) is 6.28. The average molecular weight is 258 g/mol. The fourth-order valence-corrected chi connectivity index (χ4v) is 2.14. The molecule has 1 atom stereocenters. The van der Waals surface area contributed by atoms with Crippen LogP contribution >= 0.6 is 0 Å². The van der Waals surface area contributed by atoms with Gasteiger partial charge in [0.1, 0.15) is 0 Å². The van der Waals surface area contributed by atoms with Crippen molar-refractivity contribution in [3.05, 3.63) is 0 Å². The van der Waals surface area contributed by atoms with Gasteiger partial charge in [0.2, 0.25) is 0 Å². The van der Waals surface area contributed by atoms with E-state index in [-0.39, 0.29) is 6.03 Å². The number of carbonyl (C=O) groups is 2. The van der Waals surface area contributed by atoms with Gasteiger partial charge in [-0.2, -0.15) is 0 Å². The topological polar surface area (TPSA) is 70.1 Å². The molecule has 1 heterocycles. The van der Waals surface area contributed by atoms with E-state index in [4.69, 9.17) is 9.84 Å². The highest BCUT2D eigenvalue weighted by Crippen LogP contribution is 2.17. The van der Waals surface area contributed by atoms with Gasteiger partial charge in [-0.3, -0.25) is 4.79 Å². The highest BCUT2D eigenvalue weighted by atomic mass is 16.5. The molecule has 0 saturated carbocycles. The number of hydrogen-bond donors (Lipinski definition) is 1. The number of rotatable bonds is 5. The van der Waals surface area contributed by atoms with Crippen LogP contribution in [0.3, 0.4) is 0 Å². The average Bonchev–Trinajstić information content (AvgIpc) is 2.38. The largest absolute Gasteiger partial charge is 0.481 e. The highest BCUT2D eigenvalue weighted by Gasteiger charge is 2.29. The number of likely N-dealkylation sites (tertiary alicyclic amines) is 1. The molecule has 1 rings (SSSR count). The lowest BCUT2D eigenvalue weighted by atomic mass is 9.99. The molecule has 104 valence electrons. The predicted octanol–water partition coefficient (Wildman–Crippen LogP) is 0.871. The molecule has 0 aliphatic carbocycles. The number of amides is 2. The Balaban J connectivity index is 2.42. The van der Waals surface area contributed by atoms with Gasteiger partial charge in [0.05, 0.1) is 5.92 Å².